The minimum atomic E-state index is -3.52. The molecule has 0 amide bonds. The Morgan fingerprint density at radius 3 is 1.54 bits per heavy atom. The van der Waals surface area contributed by atoms with E-state index in [9.17, 15) is 4.57 Å². The van der Waals surface area contributed by atoms with E-state index in [1.165, 1.54) is 0 Å². The van der Waals surface area contributed by atoms with Gasteiger partial charge in [0.15, 0.2) is 0 Å². The fraction of sp³-hybridized carbons (Fsp3) is 0.100. The van der Waals surface area contributed by atoms with Gasteiger partial charge < -0.3 is 0 Å². The second kappa shape index (κ2) is 8.94. The molecule has 0 unspecified atom stereocenters. The van der Waals surface area contributed by atoms with Crippen molar-refractivity contribution in [2.75, 3.05) is 0 Å². The first-order valence-electron chi connectivity index (χ1n) is 8.08. The van der Waals surface area contributed by atoms with Crippen molar-refractivity contribution in [1.82, 2.24) is 0 Å². The molecule has 0 N–H and O–H groups in total. The lowest BCUT2D eigenvalue weighted by molar-refractivity contribution is 0.446. The van der Waals surface area contributed by atoms with Crippen LogP contribution in [-0.2, 0) is 12.5 Å². The van der Waals surface area contributed by atoms with Gasteiger partial charge in [0.1, 0.15) is 0 Å². The van der Waals surface area contributed by atoms with Crippen LogP contribution >= 0.6 is 31.7 Å². The quantitative estimate of drug-likeness (QED) is 0.330. The van der Waals surface area contributed by atoms with Gasteiger partial charge in [0.05, 0.1) is 5.30 Å². The predicted molar refractivity (Wildman–Crippen MR) is 110 cm³/mol. The summed E-state index contributed by atoms with van der Waals surface area (Å²) in [4.78, 5) is 1.82. The van der Waals surface area contributed by atoms with E-state index >= 15 is 0 Å². The second-order valence-corrected chi connectivity index (χ2v) is 9.60. The average Bonchev–Trinajstić information content (AvgIpc) is 2.67. The van der Waals surface area contributed by atoms with Crippen molar-refractivity contribution in [3.05, 3.63) is 90.0 Å². The van der Waals surface area contributed by atoms with Crippen molar-refractivity contribution in [1.29, 1.82) is 0 Å². The molecule has 0 heterocycles. The zero-order valence-electron chi connectivity index (χ0n) is 14.5. The number of hydrogen-bond donors (Lipinski definition) is 0. The van der Waals surface area contributed by atoms with Crippen molar-refractivity contribution in [3.8, 4) is 0 Å². The summed E-state index contributed by atoms with van der Waals surface area (Å²) in [6.07, 6.45) is 0. The van der Waals surface area contributed by atoms with E-state index in [0.29, 0.717) is 5.30 Å². The normalized spacial score (nSPS) is 11.5. The first-order chi connectivity index (χ1) is 12.6. The molecule has 0 bridgehead atoms. The highest BCUT2D eigenvalue weighted by Gasteiger charge is 2.30. The fourth-order valence-electron chi connectivity index (χ4n) is 2.19. The van der Waals surface area contributed by atoms with Crippen LogP contribution in [0.3, 0.4) is 0 Å². The van der Waals surface area contributed by atoms with Crippen LogP contribution in [0, 0.1) is 13.8 Å². The summed E-state index contributed by atoms with van der Waals surface area (Å²) in [5.41, 5.74) is 2.12. The molecular formula is C20H19O3PS2. The molecule has 26 heavy (non-hydrogen) atoms. The van der Waals surface area contributed by atoms with Gasteiger partial charge in [-0.25, -0.2) is 7.94 Å². The Balaban J connectivity index is 1.82. The topological polar surface area (TPSA) is 35.5 Å². The first-order valence-corrected chi connectivity index (χ1v) is 11.1. The maximum absolute atomic E-state index is 13.5. The van der Waals surface area contributed by atoms with Crippen LogP contribution in [0.25, 0.3) is 0 Å². The Kier molecular flexibility index (Phi) is 6.63. The Morgan fingerprint density at radius 2 is 1.08 bits per heavy atom. The third-order valence-corrected chi connectivity index (χ3v) is 8.08. The molecule has 0 radical (unpaired) electrons. The molecule has 0 aromatic heterocycles. The standard InChI is InChI=1S/C20H19O3PS2/c1-16-10-6-8-14-19(16)25-22-24(21,18-12-4-3-5-13-18)23-26-20-15-9-7-11-17(20)2/h3-15H,1-2H3. The summed E-state index contributed by atoms with van der Waals surface area (Å²) < 4.78 is 25.0. The fourth-order valence-corrected chi connectivity index (χ4v) is 5.83. The zero-order chi connectivity index (χ0) is 18.4. The molecule has 134 valence electrons. The van der Waals surface area contributed by atoms with E-state index in [1.54, 1.807) is 12.1 Å². The third kappa shape index (κ3) is 4.81. The van der Waals surface area contributed by atoms with Gasteiger partial charge in [-0.2, -0.15) is 0 Å². The highest BCUT2D eigenvalue weighted by molar-refractivity contribution is 8.03. The molecule has 0 aliphatic rings. The Labute approximate surface area is 163 Å². The van der Waals surface area contributed by atoms with Crippen LogP contribution in [0.15, 0.2) is 88.7 Å². The molecule has 3 aromatic rings. The molecule has 0 saturated heterocycles. The van der Waals surface area contributed by atoms with E-state index in [4.69, 9.17) is 7.94 Å². The number of benzene rings is 3. The summed E-state index contributed by atoms with van der Waals surface area (Å²) in [5, 5.41) is 0.530. The largest absolute Gasteiger partial charge is 0.384 e. The monoisotopic (exact) mass is 402 g/mol. The zero-order valence-corrected chi connectivity index (χ0v) is 17.0. The van der Waals surface area contributed by atoms with Gasteiger partial charge in [-0.15, -0.1) is 0 Å². The van der Waals surface area contributed by atoms with Crippen LogP contribution in [-0.4, -0.2) is 0 Å². The van der Waals surface area contributed by atoms with E-state index in [-0.39, 0.29) is 0 Å². The Bertz CT molecular complexity index is 862. The van der Waals surface area contributed by atoms with Crippen molar-refractivity contribution >= 4 is 37.0 Å². The molecule has 0 aliphatic heterocycles. The molecule has 0 fully saturated rings. The maximum Gasteiger partial charge on any atom is 0.384 e. The second-order valence-electron chi connectivity index (χ2n) is 5.68. The summed E-state index contributed by atoms with van der Waals surface area (Å²) in [6, 6.07) is 24.7. The summed E-state index contributed by atoms with van der Waals surface area (Å²) in [6.45, 7) is 3.98. The molecule has 3 aromatic carbocycles. The first kappa shape index (κ1) is 19.3. The van der Waals surface area contributed by atoms with Gasteiger partial charge >= 0.3 is 7.60 Å². The minimum Gasteiger partial charge on any atom is -0.252 e. The summed E-state index contributed by atoms with van der Waals surface area (Å²) >= 11 is 2.17. The third-order valence-electron chi connectivity index (χ3n) is 3.71. The lowest BCUT2D eigenvalue weighted by Gasteiger charge is -2.17. The highest BCUT2D eigenvalue weighted by atomic mass is 32.2. The van der Waals surface area contributed by atoms with Gasteiger partial charge in [0.25, 0.3) is 0 Å². The molecule has 0 saturated carbocycles. The van der Waals surface area contributed by atoms with Crippen LogP contribution in [0.4, 0.5) is 0 Å². The highest BCUT2D eigenvalue weighted by Crippen LogP contribution is 2.56. The van der Waals surface area contributed by atoms with Crippen molar-refractivity contribution in [2.24, 2.45) is 0 Å². The maximum atomic E-state index is 13.5. The van der Waals surface area contributed by atoms with E-state index in [1.807, 2.05) is 80.6 Å². The SMILES string of the molecule is Cc1ccccc1SOP(=O)(OSc1ccccc1C)c1ccccc1. The smallest absolute Gasteiger partial charge is 0.252 e. The molecular weight excluding hydrogens is 383 g/mol. The van der Waals surface area contributed by atoms with Crippen molar-refractivity contribution < 1.29 is 12.5 Å². The van der Waals surface area contributed by atoms with Crippen LogP contribution < -0.4 is 5.30 Å². The molecule has 0 spiro atoms. The molecule has 6 heteroatoms. The molecule has 3 nitrogen and oxygen atoms in total. The molecule has 0 atom stereocenters. The van der Waals surface area contributed by atoms with Crippen molar-refractivity contribution in [2.45, 2.75) is 23.6 Å². The summed E-state index contributed by atoms with van der Waals surface area (Å²) in [5.74, 6) is 0. The van der Waals surface area contributed by atoms with Gasteiger partial charge in [0, 0.05) is 33.9 Å². The van der Waals surface area contributed by atoms with Crippen molar-refractivity contribution in [3.63, 3.8) is 0 Å². The van der Waals surface area contributed by atoms with Gasteiger partial charge in [0.2, 0.25) is 0 Å². The van der Waals surface area contributed by atoms with E-state index < -0.39 is 7.60 Å². The Hall–Kier alpha value is -1.49. The minimum absolute atomic E-state index is 0.530. The number of aryl methyl sites for hydroxylation is 2. The predicted octanol–water partition coefficient (Wildman–Crippen LogP) is 6.57. The lowest BCUT2D eigenvalue weighted by Crippen LogP contribution is -2.05. The number of rotatable bonds is 7. The average molecular weight is 402 g/mol. The molecule has 0 aliphatic carbocycles. The number of hydrogen-bond acceptors (Lipinski definition) is 5. The van der Waals surface area contributed by atoms with Gasteiger partial charge in [-0.05, 0) is 49.2 Å². The van der Waals surface area contributed by atoms with E-state index in [0.717, 1.165) is 45.0 Å². The van der Waals surface area contributed by atoms with Gasteiger partial charge in [-0.1, -0.05) is 54.6 Å². The van der Waals surface area contributed by atoms with Gasteiger partial charge in [-0.3, -0.25) is 4.57 Å². The Morgan fingerprint density at radius 1 is 0.654 bits per heavy atom. The lowest BCUT2D eigenvalue weighted by atomic mass is 10.2. The van der Waals surface area contributed by atoms with E-state index in [2.05, 4.69) is 0 Å². The van der Waals surface area contributed by atoms with Crippen LogP contribution in [0.2, 0.25) is 0 Å². The summed E-state index contributed by atoms with van der Waals surface area (Å²) in [7, 11) is -3.52. The molecule has 3 rings (SSSR count). The van der Waals surface area contributed by atoms with Crippen LogP contribution in [0.5, 0.6) is 0 Å². The van der Waals surface area contributed by atoms with Crippen LogP contribution in [0.1, 0.15) is 11.1 Å².